The molecule has 18 heavy (non-hydrogen) atoms. The molecule has 2 atom stereocenters. The molecule has 0 aliphatic carbocycles. The van der Waals surface area contributed by atoms with E-state index < -0.39 is 0 Å². The quantitative estimate of drug-likeness (QED) is 0.656. The first-order chi connectivity index (χ1) is 8.58. The molecule has 0 heterocycles. The van der Waals surface area contributed by atoms with Crippen LogP contribution in [0.15, 0.2) is 48.5 Å². The average molecular weight is 279 g/mol. The normalized spacial score (nSPS) is 14.2. The predicted molar refractivity (Wildman–Crippen MR) is 79.7 cm³/mol. The summed E-state index contributed by atoms with van der Waals surface area (Å²) in [5.74, 6) is 0.895. The summed E-state index contributed by atoms with van der Waals surface area (Å²) in [6, 6.07) is 16.2. The van der Waals surface area contributed by atoms with Crippen LogP contribution in [0, 0.1) is 0 Å². The fraction of sp³-hybridized carbons (Fsp3) is 0.250. The van der Waals surface area contributed by atoms with Gasteiger partial charge in [-0.2, -0.15) is 0 Å². The van der Waals surface area contributed by atoms with E-state index in [-0.39, 0.29) is 0 Å². The molecule has 0 nitrogen and oxygen atoms in total. The van der Waals surface area contributed by atoms with E-state index in [0.29, 0.717) is 11.8 Å². The molecule has 2 rings (SSSR count). The molecule has 94 valence electrons. The van der Waals surface area contributed by atoms with Crippen molar-refractivity contribution in [3.63, 3.8) is 0 Å². The lowest BCUT2D eigenvalue weighted by molar-refractivity contribution is 0.624. The molecule has 0 aliphatic rings. The van der Waals surface area contributed by atoms with Gasteiger partial charge >= 0.3 is 0 Å². The first kappa shape index (κ1) is 13.5. The Morgan fingerprint density at radius 2 is 0.889 bits per heavy atom. The highest BCUT2D eigenvalue weighted by molar-refractivity contribution is 6.30. The molecule has 0 aliphatic heterocycles. The van der Waals surface area contributed by atoms with E-state index in [0.717, 1.165) is 10.0 Å². The number of rotatable bonds is 3. The molecule has 0 saturated carbocycles. The van der Waals surface area contributed by atoms with Crippen molar-refractivity contribution in [3.05, 3.63) is 69.7 Å². The SMILES string of the molecule is C[C@H](c1ccc(Cl)cc1)[C@@H](C)c1ccc(Cl)cc1. The largest absolute Gasteiger partial charge is 0.0843 e. The van der Waals surface area contributed by atoms with E-state index >= 15 is 0 Å². The third-order valence-corrected chi connectivity index (χ3v) is 4.05. The standard InChI is InChI=1S/C16H16Cl2/c1-11(13-3-7-15(17)8-4-13)12(2)14-5-9-16(18)10-6-14/h3-12H,1-2H3/t11-,12+. The Balaban J connectivity index is 2.20. The summed E-state index contributed by atoms with van der Waals surface area (Å²) in [5, 5.41) is 1.56. The molecule has 0 unspecified atom stereocenters. The van der Waals surface area contributed by atoms with Gasteiger partial charge in [0.25, 0.3) is 0 Å². The van der Waals surface area contributed by atoms with Gasteiger partial charge in [0, 0.05) is 10.0 Å². The van der Waals surface area contributed by atoms with Crippen molar-refractivity contribution < 1.29 is 0 Å². The van der Waals surface area contributed by atoms with Crippen LogP contribution in [0.3, 0.4) is 0 Å². The van der Waals surface area contributed by atoms with E-state index in [1.807, 2.05) is 24.3 Å². The van der Waals surface area contributed by atoms with E-state index in [1.165, 1.54) is 11.1 Å². The van der Waals surface area contributed by atoms with Crippen LogP contribution in [0.2, 0.25) is 10.0 Å². The second-order valence-electron chi connectivity index (χ2n) is 4.68. The topological polar surface area (TPSA) is 0 Å². The average Bonchev–Trinajstić information content (AvgIpc) is 2.39. The number of halogens is 2. The van der Waals surface area contributed by atoms with Crippen molar-refractivity contribution in [3.8, 4) is 0 Å². The maximum Gasteiger partial charge on any atom is 0.0406 e. The van der Waals surface area contributed by atoms with Gasteiger partial charge in [-0.3, -0.25) is 0 Å². The first-order valence-corrected chi connectivity index (χ1v) is 6.84. The van der Waals surface area contributed by atoms with Crippen molar-refractivity contribution in [2.24, 2.45) is 0 Å². The molecule has 0 fully saturated rings. The summed E-state index contributed by atoms with van der Waals surface area (Å²) < 4.78 is 0. The number of hydrogen-bond acceptors (Lipinski definition) is 0. The van der Waals surface area contributed by atoms with Crippen LogP contribution in [-0.4, -0.2) is 0 Å². The predicted octanol–water partition coefficient (Wildman–Crippen LogP) is 5.90. The molecule has 0 N–H and O–H groups in total. The second kappa shape index (κ2) is 5.77. The summed E-state index contributed by atoms with van der Waals surface area (Å²) in [7, 11) is 0. The fourth-order valence-corrected chi connectivity index (χ4v) is 2.36. The molecule has 0 saturated heterocycles. The van der Waals surface area contributed by atoms with E-state index in [1.54, 1.807) is 0 Å². The fourth-order valence-electron chi connectivity index (χ4n) is 2.11. The van der Waals surface area contributed by atoms with Gasteiger partial charge in [-0.25, -0.2) is 0 Å². The smallest absolute Gasteiger partial charge is 0.0406 e. The molecule has 2 aromatic carbocycles. The third-order valence-electron chi connectivity index (χ3n) is 3.54. The molecule has 0 radical (unpaired) electrons. The van der Waals surface area contributed by atoms with Crippen molar-refractivity contribution in [2.75, 3.05) is 0 Å². The van der Waals surface area contributed by atoms with Crippen molar-refractivity contribution in [1.29, 1.82) is 0 Å². The van der Waals surface area contributed by atoms with Gasteiger partial charge in [-0.05, 0) is 47.2 Å². The summed E-state index contributed by atoms with van der Waals surface area (Å²) in [6.45, 7) is 4.48. The van der Waals surface area contributed by atoms with Gasteiger partial charge in [-0.1, -0.05) is 61.3 Å². The molecule has 0 spiro atoms. The lowest BCUT2D eigenvalue weighted by atomic mass is 9.84. The highest BCUT2D eigenvalue weighted by atomic mass is 35.5. The van der Waals surface area contributed by atoms with Crippen molar-refractivity contribution >= 4 is 23.2 Å². The Morgan fingerprint density at radius 1 is 0.611 bits per heavy atom. The highest BCUT2D eigenvalue weighted by Gasteiger charge is 2.16. The number of hydrogen-bond donors (Lipinski definition) is 0. The van der Waals surface area contributed by atoms with E-state index in [9.17, 15) is 0 Å². The minimum atomic E-state index is 0.448. The van der Waals surface area contributed by atoms with Gasteiger partial charge in [0.1, 0.15) is 0 Å². The van der Waals surface area contributed by atoms with Gasteiger partial charge < -0.3 is 0 Å². The Morgan fingerprint density at radius 3 is 1.17 bits per heavy atom. The summed E-state index contributed by atoms with van der Waals surface area (Å²) in [4.78, 5) is 0. The molecular formula is C16H16Cl2. The maximum atomic E-state index is 5.92. The van der Waals surface area contributed by atoms with Crippen molar-refractivity contribution in [2.45, 2.75) is 25.7 Å². The molecule has 2 aromatic rings. The van der Waals surface area contributed by atoms with Crippen LogP contribution >= 0.6 is 23.2 Å². The lowest BCUT2D eigenvalue weighted by Gasteiger charge is -2.21. The Labute approximate surface area is 119 Å². The molecular weight excluding hydrogens is 263 g/mol. The molecule has 2 heteroatoms. The number of benzene rings is 2. The van der Waals surface area contributed by atoms with Gasteiger partial charge in [0.2, 0.25) is 0 Å². The van der Waals surface area contributed by atoms with Crippen LogP contribution in [-0.2, 0) is 0 Å². The lowest BCUT2D eigenvalue weighted by Crippen LogP contribution is -2.04. The van der Waals surface area contributed by atoms with E-state index in [2.05, 4.69) is 38.1 Å². The zero-order valence-electron chi connectivity index (χ0n) is 10.5. The van der Waals surface area contributed by atoms with Crippen LogP contribution in [0.5, 0.6) is 0 Å². The molecule has 0 bridgehead atoms. The summed E-state index contributed by atoms with van der Waals surface area (Å²) in [5.41, 5.74) is 2.61. The second-order valence-corrected chi connectivity index (χ2v) is 5.55. The zero-order chi connectivity index (χ0) is 13.1. The minimum absolute atomic E-state index is 0.448. The minimum Gasteiger partial charge on any atom is -0.0843 e. The third kappa shape index (κ3) is 3.07. The van der Waals surface area contributed by atoms with Crippen molar-refractivity contribution in [1.82, 2.24) is 0 Å². The van der Waals surface area contributed by atoms with Gasteiger partial charge in [-0.15, -0.1) is 0 Å². The Hall–Kier alpha value is -0.980. The maximum absolute atomic E-state index is 5.92. The van der Waals surface area contributed by atoms with Gasteiger partial charge in [0.15, 0.2) is 0 Å². The monoisotopic (exact) mass is 278 g/mol. The molecule has 0 amide bonds. The molecule has 0 aromatic heterocycles. The highest BCUT2D eigenvalue weighted by Crippen LogP contribution is 2.33. The summed E-state index contributed by atoms with van der Waals surface area (Å²) in [6.07, 6.45) is 0. The first-order valence-electron chi connectivity index (χ1n) is 6.09. The van der Waals surface area contributed by atoms with Gasteiger partial charge in [0.05, 0.1) is 0 Å². The summed E-state index contributed by atoms with van der Waals surface area (Å²) >= 11 is 11.8. The van der Waals surface area contributed by atoms with Crippen LogP contribution in [0.4, 0.5) is 0 Å². The van der Waals surface area contributed by atoms with Crippen LogP contribution < -0.4 is 0 Å². The van der Waals surface area contributed by atoms with E-state index in [4.69, 9.17) is 23.2 Å². The van der Waals surface area contributed by atoms with Crippen LogP contribution in [0.1, 0.15) is 36.8 Å². The Kier molecular flexibility index (Phi) is 4.31. The van der Waals surface area contributed by atoms with Crippen LogP contribution in [0.25, 0.3) is 0 Å². The Bertz CT molecular complexity index is 450. The zero-order valence-corrected chi connectivity index (χ0v) is 12.0.